The van der Waals surface area contributed by atoms with Gasteiger partial charge >= 0.3 is 150 Å². The third kappa shape index (κ3) is 3.84. The van der Waals surface area contributed by atoms with Crippen molar-refractivity contribution in [2.24, 2.45) is 0 Å². The fourth-order valence-corrected chi connectivity index (χ4v) is 4.28. The summed E-state index contributed by atoms with van der Waals surface area (Å²) in [4.78, 5) is 4.35. The Kier molecular flexibility index (Phi) is 5.93. The second kappa shape index (κ2) is 7.33. The molecule has 0 aliphatic carbocycles. The first-order valence-corrected chi connectivity index (χ1v) is 8.67. The summed E-state index contributed by atoms with van der Waals surface area (Å²) in [7, 11) is 2.12. The summed E-state index contributed by atoms with van der Waals surface area (Å²) in [6.45, 7) is 4.24. The number of anilines is 1. The van der Waals surface area contributed by atoms with Gasteiger partial charge < -0.3 is 0 Å². The van der Waals surface area contributed by atoms with Gasteiger partial charge in [-0.2, -0.15) is 0 Å². The molecule has 1 aliphatic rings. The number of hydrogen-bond acceptors (Lipinski definition) is 3. The molecule has 0 unspecified atom stereocenters. The molecule has 1 fully saturated rings. The second-order valence-corrected chi connectivity index (χ2v) is 6.78. The van der Waals surface area contributed by atoms with Crippen molar-refractivity contribution in [1.29, 1.82) is 5.26 Å². The van der Waals surface area contributed by atoms with E-state index in [2.05, 4.69) is 12.7 Å². The van der Waals surface area contributed by atoms with Crippen molar-refractivity contribution in [3.63, 3.8) is 0 Å². The number of halogens is 3. The van der Waals surface area contributed by atoms with Crippen molar-refractivity contribution in [2.75, 3.05) is 37.6 Å². The average molecular weight is 383 g/mol. The van der Waals surface area contributed by atoms with Gasteiger partial charge in [-0.3, -0.25) is 0 Å². The molecule has 0 bridgehead atoms. The predicted molar refractivity (Wildman–Crippen MR) is 77.8 cm³/mol. The topological polar surface area (TPSA) is 30.3 Å². The molecule has 0 radical (unpaired) electrons. The summed E-state index contributed by atoms with van der Waals surface area (Å²) in [5, 5.41) is 8.95. The van der Waals surface area contributed by atoms with Gasteiger partial charge in [0.2, 0.25) is 0 Å². The number of piperazine rings is 1. The Morgan fingerprint density at radius 1 is 1.23 bits per heavy atom. The number of nitriles is 1. The van der Waals surface area contributed by atoms with Crippen LogP contribution in [0.2, 0.25) is 6.32 Å². The molecule has 0 N–H and O–H groups in total. The number of benzene rings is 1. The average Bonchev–Trinajstić information content (AvgIpc) is 2.47. The summed E-state index contributed by atoms with van der Waals surface area (Å²) < 4.78 is 40.0. The zero-order chi connectivity index (χ0) is 16.3. The Morgan fingerprint density at radius 3 is 2.36 bits per heavy atom. The van der Waals surface area contributed by atoms with Crippen molar-refractivity contribution in [3.8, 4) is 6.07 Å². The number of rotatable bonds is 3. The first kappa shape index (κ1) is 17.8. The van der Waals surface area contributed by atoms with Gasteiger partial charge in [0.05, 0.1) is 0 Å². The van der Waals surface area contributed by atoms with E-state index < -0.39 is 11.7 Å². The molecule has 0 amide bonds. The number of hydrogen-bond donors (Lipinski definition) is 0. The molecular weight excluding hydrogens is 367 g/mol. The second-order valence-electron chi connectivity index (χ2n) is 5.36. The third-order valence-corrected chi connectivity index (χ3v) is 5.32. The molecule has 1 heterocycles. The molecule has 22 heavy (non-hydrogen) atoms. The monoisotopic (exact) mass is 383 g/mol. The molecule has 8 heteroatoms. The maximum absolute atomic E-state index is 13.2. The molecule has 1 aromatic carbocycles. The number of nitrogens with zero attached hydrogens (tertiary/aromatic N) is 3. The standard InChI is InChI=1S/C14H16BF3N3.Y/c15-3-4-20-5-7-21(8-6-20)12-2-1-11(10-19)13(9-12)14(16,17)18;/h1-2H,3-8,15H2;. The van der Waals surface area contributed by atoms with Gasteiger partial charge in [0, 0.05) is 0 Å². The van der Waals surface area contributed by atoms with E-state index in [4.69, 9.17) is 5.26 Å². The zero-order valence-corrected chi connectivity index (χ0v) is 15.3. The van der Waals surface area contributed by atoms with E-state index in [-0.39, 0.29) is 7.94 Å². The summed E-state index contributed by atoms with van der Waals surface area (Å²) in [6, 6.07) is 4.64. The van der Waals surface area contributed by atoms with E-state index in [9.17, 15) is 13.2 Å². The van der Waals surface area contributed by atoms with Crippen LogP contribution in [0.4, 0.5) is 18.9 Å². The molecule has 2 rings (SSSR count). The normalized spacial score (nSPS) is 16.5. The van der Waals surface area contributed by atoms with E-state index in [1.807, 2.05) is 4.90 Å². The first-order chi connectivity index (χ1) is 10.4. The van der Waals surface area contributed by atoms with Gasteiger partial charge in [-0.1, -0.05) is 0 Å². The third-order valence-electron chi connectivity index (χ3n) is 3.88. The van der Waals surface area contributed by atoms with Crippen molar-refractivity contribution in [1.82, 2.24) is 4.90 Å². The van der Waals surface area contributed by atoms with Gasteiger partial charge in [0.1, 0.15) is 0 Å². The van der Waals surface area contributed by atoms with E-state index in [1.165, 1.54) is 6.07 Å². The van der Waals surface area contributed by atoms with E-state index in [0.29, 0.717) is 36.6 Å². The summed E-state index contributed by atoms with van der Waals surface area (Å²) >= 11 is 0.341. The van der Waals surface area contributed by atoms with Gasteiger partial charge in [-0.25, -0.2) is 0 Å². The van der Waals surface area contributed by atoms with Crippen LogP contribution in [0.15, 0.2) is 12.1 Å². The predicted octanol–water partition coefficient (Wildman–Crippen LogP) is 0.923. The van der Waals surface area contributed by atoms with Gasteiger partial charge in [0.15, 0.2) is 0 Å². The molecule has 114 valence electrons. The van der Waals surface area contributed by atoms with Crippen LogP contribution >= 0.6 is 0 Å². The summed E-state index contributed by atoms with van der Waals surface area (Å²) in [5.41, 5.74) is -0.376. The van der Waals surface area contributed by atoms with Crippen molar-refractivity contribution in [3.05, 3.63) is 23.3 Å². The zero-order valence-electron chi connectivity index (χ0n) is 12.5. The molecule has 0 saturated carbocycles. The minimum absolute atomic E-state index is 0.275. The van der Waals surface area contributed by atoms with Crippen molar-refractivity contribution >= 4 is 15.9 Å². The van der Waals surface area contributed by atoms with Crippen LogP contribution in [-0.2, 0) is 37.1 Å². The van der Waals surface area contributed by atoms with Crippen LogP contribution in [0.5, 0.6) is 0 Å². The summed E-state index contributed by atoms with van der Waals surface area (Å²) in [5.74, 6) is 0. The first-order valence-electron chi connectivity index (χ1n) is 7.25. The van der Waals surface area contributed by atoms with Crippen LogP contribution < -0.4 is 7.27 Å². The Balaban J connectivity index is 2.29. The quantitative estimate of drug-likeness (QED) is 0.728. The van der Waals surface area contributed by atoms with Crippen molar-refractivity contribution in [2.45, 2.75) is 12.5 Å². The molecule has 1 aliphatic heterocycles. The van der Waals surface area contributed by atoms with Crippen molar-refractivity contribution < 1.29 is 44.1 Å². The Hall–Kier alpha value is -0.571. The van der Waals surface area contributed by atoms with E-state index in [1.54, 1.807) is 12.1 Å². The van der Waals surface area contributed by atoms with E-state index in [0.717, 1.165) is 39.0 Å². The van der Waals surface area contributed by atoms with Crippen LogP contribution in [-0.4, -0.2) is 45.5 Å². The SMILES string of the molecule is BCCN1CCN(c2ccc(C#N)c(C(F)(F)F)[c]2[Y])CC1. The molecule has 3 nitrogen and oxygen atoms in total. The molecule has 1 saturated heterocycles. The number of alkyl halides is 3. The van der Waals surface area contributed by atoms with Crippen LogP contribution in [0.25, 0.3) is 0 Å². The maximum atomic E-state index is 13.2. The Labute approximate surface area is 149 Å². The van der Waals surface area contributed by atoms with Gasteiger partial charge in [-0.15, -0.1) is 0 Å². The van der Waals surface area contributed by atoms with Crippen LogP contribution in [0.1, 0.15) is 11.1 Å². The molecule has 0 atom stereocenters. The minimum atomic E-state index is -4.47. The van der Waals surface area contributed by atoms with Gasteiger partial charge in [0.25, 0.3) is 0 Å². The van der Waals surface area contributed by atoms with Gasteiger partial charge in [-0.05, 0) is 0 Å². The van der Waals surface area contributed by atoms with Crippen LogP contribution in [0, 0.1) is 11.3 Å². The Morgan fingerprint density at radius 2 is 1.86 bits per heavy atom. The fraction of sp³-hybridized carbons (Fsp3) is 0.500. The summed E-state index contributed by atoms with van der Waals surface area (Å²) in [6.07, 6.45) is -3.39. The Bertz CT molecular complexity index is 578. The fourth-order valence-electron chi connectivity index (χ4n) is 2.81. The van der Waals surface area contributed by atoms with E-state index >= 15 is 0 Å². The molecular formula is C14H16BF3N3Y. The molecule has 0 spiro atoms. The molecule has 0 aromatic heterocycles. The molecule has 1 aromatic rings. The van der Waals surface area contributed by atoms with Crippen LogP contribution in [0.3, 0.4) is 0 Å².